The smallest absolute Gasteiger partial charge is 0.726 e. The summed E-state index contributed by atoms with van der Waals surface area (Å²) in [4.78, 5) is 115. The van der Waals surface area contributed by atoms with Crippen LogP contribution in [0.3, 0.4) is 0 Å². The standard InChI is InChI=1S/C57H91N5O41S2.4CO2.8Na.2H2O4S/c1-20(67)59-36-43(76)40(73)26(12-63)91-52(36)95-30-16-87-34(10-24(30)71)99-48-28(14-65)93-55(38(45(48)78)61-22(3)69)98-33-19-90-57(51(42(33)75)103-105(83,84)85)101-49-29(15-66)94-53(39(46(49)79)62-23(4)70)96-31-17-88-35(11-25(31)72)100-47-27(13-64)92-54(37(44(47)77)60-21(2)68)97-32-18-89-56(86-9-7-5-6-8-58)50(41(32)74)102-104(80,81)82;4*2-1-3;;;;;;;;;2*1-5(2,3)4/h10-11,16-19,24-57,63-66,71-79H,5-9,12-15,58H2,1-4H3,(H,59,67)(H,60,68)(H,61,69)(H,62,70)(H,80,81,82)(H,83,84,85);;;;;;;;;;;;;2*(H2,1,2,3,4)/q-6;;;;;8*+1;;/p-4/t24-,25-,26?,27?,28?,29?,30+,31+,32+,33+,34-,35-,36?,37?,38?,39?,40+,41-,42-,43+,44+,45+,46+,47+,48+,49+,50?,51?,52+,53+,54+,55+,56+,57-;;;;;;;;;;;;;;/m0............../s1. The average molecular weight is 2120 g/mol. The van der Waals surface area contributed by atoms with Gasteiger partial charge in [0, 0.05) is 46.9 Å². The van der Waals surface area contributed by atoms with Gasteiger partial charge in [0.25, 0.3) is 0 Å². The summed E-state index contributed by atoms with van der Waals surface area (Å²) in [6.45, 7) is 3.72. The van der Waals surface area contributed by atoms with E-state index in [1.807, 2.05) is 0 Å². The largest absolute Gasteiger partial charge is 1.00 e. The molecule has 0 radical (unpaired) electrons. The van der Waals surface area contributed by atoms with Crippen molar-refractivity contribution < 1.29 is 506 Å². The molecular weight excluding hydrogens is 2030 g/mol. The van der Waals surface area contributed by atoms with Crippen LogP contribution in [0.4, 0.5) is 0 Å². The summed E-state index contributed by atoms with van der Waals surface area (Å²) in [6.07, 6.45) is -50.7. The fraction of sp³-hybridized carbons (Fsp3) is 0.770. The predicted octanol–water partition coefficient (Wildman–Crippen LogP) is -41.2. The maximum Gasteiger partial charge on any atom is 1.00 e. The molecule has 21 N–H and O–H groups in total. The Bertz CT molecular complexity index is 3890. The molecule has 8 rings (SSSR count). The first-order chi connectivity index (χ1) is 59.2. The van der Waals surface area contributed by atoms with Crippen LogP contribution in [-0.2, 0) is 183 Å². The van der Waals surface area contributed by atoms with Crippen LogP contribution in [0.5, 0.6) is 0 Å². The van der Waals surface area contributed by atoms with Crippen molar-refractivity contribution in [2.24, 2.45) is 5.73 Å². The number of ether oxygens (including phenoxy) is 16. The van der Waals surface area contributed by atoms with E-state index in [0.29, 0.717) is 32.4 Å². The van der Waals surface area contributed by atoms with Gasteiger partial charge in [0.05, 0.1) is 38.6 Å². The molecule has 8 saturated heterocycles. The molecule has 736 valence electrons. The number of hydrogen-bond donors (Lipinski definition) is 20. The van der Waals surface area contributed by atoms with Crippen LogP contribution in [-0.4, -0.2) is 424 Å². The Labute approximate surface area is 945 Å². The predicted molar refractivity (Wildman–Crippen MR) is 370 cm³/mol. The summed E-state index contributed by atoms with van der Waals surface area (Å²) < 4.78 is 239. The Morgan fingerprint density at radius 2 is 0.615 bits per heavy atom. The molecule has 0 aromatic heterocycles. The van der Waals surface area contributed by atoms with Gasteiger partial charge in [-0.05, 0) is 50.2 Å². The second-order valence-electron chi connectivity index (χ2n) is 26.2. The SMILES string of the molecule is CC(=O)NC1[C@@H](O[C@@H]2[CH-]O[C@@H](O[C@@H]3C(CO)O[C@H](O[C@@H]4[CH-]O[C@@H](O[C@@H]5C(CO)O[C@H](O[C@@H]6[CH-]O[C@@H](O[C@@H]7C(CO)O[C@H](O[C@@H]8[CH-]O[C@@H](OCCCCCN)C(OS(=O)(=O)[O-])[C@H]8O)C(NC(C)=O)[C@H]7O)[CH-][C@@H]6O)C(NC(C)=O)[C@H]5O)C(OS(=O)(=O)[O-])[C@H]4O)C(NC(C)=O)[C@H]3O)[CH-][C@@H]2O)OC(CO)[C@@H](O)[C@@H]1O.O=C=O.O=C=O.O=C=O.O=C=O.O=S(=O)([O-])O.O=S(=O)([O-])O.[Na+].[Na+].[Na+].[Na+].[Na+].[Na+].[Na+].[Na+]. The summed E-state index contributed by atoms with van der Waals surface area (Å²) in [5, 5.41) is 153. The second kappa shape index (κ2) is 75.4. The molecule has 135 heavy (non-hydrogen) atoms. The molecule has 10 unspecified atom stereocenters. The number of unbranched alkanes of at least 4 members (excludes halogenated alkanes) is 2. The van der Waals surface area contributed by atoms with Gasteiger partial charge < -0.3 is 187 Å². The Balaban J connectivity index is -0.000000987. The van der Waals surface area contributed by atoms with E-state index in [4.69, 9.17) is 155 Å². The third kappa shape index (κ3) is 54.6. The number of nitrogens with two attached hydrogens (primary N) is 1. The van der Waals surface area contributed by atoms with Gasteiger partial charge in [-0.3, -0.25) is 36.6 Å². The minimum absolute atomic E-state index is 0. The van der Waals surface area contributed by atoms with Crippen LogP contribution in [0, 0.1) is 39.3 Å². The quantitative estimate of drug-likeness (QED) is 0.00978. The van der Waals surface area contributed by atoms with Crippen LogP contribution in [0.25, 0.3) is 0 Å². The third-order valence-electron chi connectivity index (χ3n) is 17.2. The van der Waals surface area contributed by atoms with E-state index >= 15 is 0 Å². The van der Waals surface area contributed by atoms with Crippen molar-refractivity contribution >= 4 is 89.8 Å². The van der Waals surface area contributed by atoms with Crippen LogP contribution in [0.15, 0.2) is 0 Å². The summed E-state index contributed by atoms with van der Waals surface area (Å²) in [5.74, 6) is -3.22. The molecule has 0 spiro atoms. The van der Waals surface area contributed by atoms with Gasteiger partial charge in [-0.1, -0.05) is 12.2 Å². The molecule has 4 amide bonds. The number of aliphatic hydroxyl groups excluding tert-OH is 13. The van der Waals surface area contributed by atoms with Crippen molar-refractivity contribution in [1.29, 1.82) is 0 Å². The van der Waals surface area contributed by atoms with E-state index in [-0.39, 0.29) is 268 Å². The number of carbonyl (C=O) groups excluding carboxylic acids is 12. The number of aliphatic hydroxyl groups is 13. The molecule has 34 atom stereocenters. The summed E-state index contributed by atoms with van der Waals surface area (Å²) in [7, 11) is -21.2. The Kier molecular flexibility index (Phi) is 83.6. The summed E-state index contributed by atoms with van der Waals surface area (Å²) >= 11 is 0. The molecular formula is C61H91N5Na8O57S4-2. The molecule has 0 saturated carbocycles. The molecule has 8 aliphatic rings. The fourth-order valence-electron chi connectivity index (χ4n) is 12.3. The first kappa shape index (κ1) is 150. The third-order valence-corrected chi connectivity index (χ3v) is 18.1. The van der Waals surface area contributed by atoms with Gasteiger partial charge >= 0.3 is 261 Å². The van der Waals surface area contributed by atoms with Crippen molar-refractivity contribution in [3.8, 4) is 0 Å². The first-order valence-corrected chi connectivity index (χ1v) is 41.1. The molecule has 0 bridgehead atoms. The van der Waals surface area contributed by atoms with Gasteiger partial charge in [0.1, 0.15) is 110 Å². The van der Waals surface area contributed by atoms with Crippen molar-refractivity contribution in [1.82, 2.24) is 21.3 Å². The van der Waals surface area contributed by atoms with Crippen LogP contribution >= 0.6 is 0 Å². The molecule has 0 aliphatic carbocycles. The van der Waals surface area contributed by atoms with Crippen LogP contribution in [0.1, 0.15) is 47.0 Å². The van der Waals surface area contributed by atoms with E-state index in [9.17, 15) is 112 Å². The average Bonchev–Trinajstić information content (AvgIpc) is 0.773. The molecule has 8 fully saturated rings. The fourth-order valence-corrected chi connectivity index (χ4v) is 13.2. The number of rotatable bonds is 32. The maximum absolute atomic E-state index is 12.7. The maximum atomic E-state index is 12.7. The van der Waals surface area contributed by atoms with Crippen molar-refractivity contribution in [3.63, 3.8) is 0 Å². The van der Waals surface area contributed by atoms with Crippen LogP contribution < -0.4 is 263 Å². The Morgan fingerprint density at radius 1 is 0.356 bits per heavy atom. The number of hydrogen-bond acceptors (Lipinski definition) is 56. The van der Waals surface area contributed by atoms with Crippen molar-refractivity contribution in [2.45, 2.75) is 256 Å². The normalized spacial score (nSPS) is 34.5. The number of carbonyl (C=O) groups is 4. The molecule has 8 heterocycles. The summed E-state index contributed by atoms with van der Waals surface area (Å²) in [6, 6.07) is -6.63. The Hall–Kier alpha value is 1.68. The van der Waals surface area contributed by atoms with E-state index in [1.165, 1.54) is 0 Å². The first-order valence-electron chi connectivity index (χ1n) is 35.7. The van der Waals surface area contributed by atoms with Gasteiger partial charge in [0.2, 0.25) is 65.2 Å². The minimum atomic E-state index is -5.90. The topological polar surface area (TPSA) is 977 Å². The van der Waals surface area contributed by atoms with Gasteiger partial charge in [0.15, 0.2) is 37.7 Å². The molecule has 74 heteroatoms. The Morgan fingerprint density at radius 3 is 0.889 bits per heavy atom. The second-order valence-corrected chi connectivity index (χ2v) is 30.0. The molecule has 62 nitrogen and oxygen atoms in total. The van der Waals surface area contributed by atoms with E-state index in [0.717, 1.165) is 60.4 Å². The summed E-state index contributed by atoms with van der Waals surface area (Å²) in [5.41, 5.74) is 5.51. The van der Waals surface area contributed by atoms with Gasteiger partial charge in [-0.15, -0.1) is 0 Å². The monoisotopic (exact) mass is 2120 g/mol. The van der Waals surface area contributed by atoms with E-state index in [2.05, 4.69) is 29.6 Å². The zero-order valence-corrected chi connectivity index (χ0v) is 92.8. The zero-order chi connectivity index (χ0) is 96.9. The minimum Gasteiger partial charge on any atom is -0.726 e. The van der Waals surface area contributed by atoms with Gasteiger partial charge in [-0.2, -0.15) is 64.8 Å². The van der Waals surface area contributed by atoms with Crippen molar-refractivity contribution in [3.05, 3.63) is 39.3 Å². The van der Waals surface area contributed by atoms with E-state index < -0.39 is 300 Å². The van der Waals surface area contributed by atoms with Crippen LogP contribution in [0.2, 0.25) is 0 Å². The number of nitrogens with one attached hydrogen (secondary N) is 4. The van der Waals surface area contributed by atoms with E-state index in [1.54, 1.807) is 0 Å². The zero-order valence-electron chi connectivity index (χ0n) is 73.5. The number of amides is 4. The molecule has 0 aromatic rings. The van der Waals surface area contributed by atoms with Gasteiger partial charge in [-0.25, -0.2) is 46.5 Å². The van der Waals surface area contributed by atoms with Crippen molar-refractivity contribution in [2.75, 3.05) is 39.6 Å². The molecule has 8 aliphatic heterocycles. The molecule has 0 aromatic carbocycles.